The van der Waals surface area contributed by atoms with Crippen molar-refractivity contribution in [3.05, 3.63) is 53.9 Å². The highest BCUT2D eigenvalue weighted by Gasteiger charge is 2.16. The summed E-state index contributed by atoms with van der Waals surface area (Å²) in [6.45, 7) is 1.94. The van der Waals surface area contributed by atoms with E-state index in [-0.39, 0.29) is 12.8 Å². The molecule has 0 radical (unpaired) electrons. The maximum Gasteiger partial charge on any atom is 0.305 e. The van der Waals surface area contributed by atoms with Crippen LogP contribution in [0.15, 0.2) is 42.6 Å². The summed E-state index contributed by atoms with van der Waals surface area (Å²) in [4.78, 5) is 14.9. The van der Waals surface area contributed by atoms with Crippen molar-refractivity contribution in [2.24, 2.45) is 0 Å². The monoisotopic (exact) mass is 329 g/mol. The largest absolute Gasteiger partial charge is 0.481 e. The summed E-state index contributed by atoms with van der Waals surface area (Å²) in [6.07, 6.45) is 0.774. The molecule has 0 bridgehead atoms. The van der Waals surface area contributed by atoms with E-state index in [0.29, 0.717) is 12.8 Å². The Bertz CT molecular complexity index is 672. The van der Waals surface area contributed by atoms with Gasteiger partial charge in [0.25, 0.3) is 0 Å². The number of aromatic nitrogens is 1. The fraction of sp³-hybridized carbons (Fsp3) is 0.368. The molecule has 1 aromatic carbocycles. The van der Waals surface area contributed by atoms with Crippen LogP contribution < -0.4 is 0 Å². The molecular formula is C19H23NO4. The number of hydrogen-bond donors (Lipinski definition) is 3. The molecule has 0 saturated carbocycles. The molecule has 24 heavy (non-hydrogen) atoms. The quantitative estimate of drug-likeness (QED) is 0.692. The minimum absolute atomic E-state index is 0.0618. The van der Waals surface area contributed by atoms with Crippen LogP contribution in [-0.2, 0) is 11.2 Å². The number of aliphatic hydroxyl groups excluding tert-OH is 2. The van der Waals surface area contributed by atoms with Gasteiger partial charge >= 0.3 is 5.97 Å². The molecule has 0 amide bonds. The number of nitrogens with zero attached hydrogens (tertiary/aromatic N) is 1. The Morgan fingerprint density at radius 1 is 1.12 bits per heavy atom. The lowest BCUT2D eigenvalue weighted by Crippen LogP contribution is -2.21. The van der Waals surface area contributed by atoms with E-state index in [4.69, 9.17) is 5.11 Å². The van der Waals surface area contributed by atoms with Crippen molar-refractivity contribution in [2.75, 3.05) is 0 Å². The summed E-state index contributed by atoms with van der Waals surface area (Å²) in [7, 11) is 0. The maximum absolute atomic E-state index is 10.6. The predicted molar refractivity (Wildman–Crippen MR) is 91.6 cm³/mol. The van der Waals surface area contributed by atoms with Gasteiger partial charge in [0, 0.05) is 11.9 Å². The smallest absolute Gasteiger partial charge is 0.305 e. The third kappa shape index (κ3) is 5.15. The van der Waals surface area contributed by atoms with Gasteiger partial charge in [-0.3, -0.25) is 9.78 Å². The van der Waals surface area contributed by atoms with Gasteiger partial charge in [0.05, 0.1) is 18.6 Å². The zero-order valence-corrected chi connectivity index (χ0v) is 13.7. The number of carbonyl (C=O) groups is 1. The summed E-state index contributed by atoms with van der Waals surface area (Å²) in [6, 6.07) is 11.9. The minimum Gasteiger partial charge on any atom is -0.481 e. The molecule has 5 nitrogen and oxygen atoms in total. The topological polar surface area (TPSA) is 90.7 Å². The second-order valence-corrected chi connectivity index (χ2v) is 5.97. The van der Waals surface area contributed by atoms with Crippen LogP contribution in [0.4, 0.5) is 0 Å². The molecule has 0 fully saturated rings. The Morgan fingerprint density at radius 3 is 2.50 bits per heavy atom. The lowest BCUT2D eigenvalue weighted by atomic mass is 9.94. The van der Waals surface area contributed by atoms with E-state index in [1.165, 1.54) is 0 Å². The molecule has 0 aliphatic carbocycles. The van der Waals surface area contributed by atoms with Crippen molar-refractivity contribution < 1.29 is 20.1 Å². The summed E-state index contributed by atoms with van der Waals surface area (Å²) in [5.41, 5.74) is 4.16. The van der Waals surface area contributed by atoms with Gasteiger partial charge in [-0.15, -0.1) is 0 Å². The van der Waals surface area contributed by atoms with Crippen LogP contribution in [0.1, 0.15) is 30.5 Å². The number of carboxylic acid groups (broad SMARTS) is 1. The van der Waals surface area contributed by atoms with E-state index in [1.54, 1.807) is 6.20 Å². The molecule has 128 valence electrons. The summed E-state index contributed by atoms with van der Waals surface area (Å²) in [5.74, 6) is -1.07. The van der Waals surface area contributed by atoms with E-state index < -0.39 is 18.2 Å². The second-order valence-electron chi connectivity index (χ2n) is 5.97. The molecule has 2 atom stereocenters. The molecule has 5 heteroatoms. The van der Waals surface area contributed by atoms with Crippen LogP contribution in [0.2, 0.25) is 0 Å². The SMILES string of the molecule is Cc1nccc(-c2ccccc2)c1CCC(O)C[C@@H](O)CC(=O)O. The van der Waals surface area contributed by atoms with Crippen molar-refractivity contribution in [1.29, 1.82) is 0 Å². The first-order chi connectivity index (χ1) is 11.5. The molecule has 0 spiro atoms. The Balaban J connectivity index is 2.06. The Labute approximate surface area is 141 Å². The molecule has 0 aliphatic heterocycles. The van der Waals surface area contributed by atoms with Gasteiger partial charge in [0.2, 0.25) is 0 Å². The Hall–Kier alpha value is -2.24. The fourth-order valence-corrected chi connectivity index (χ4v) is 2.83. The van der Waals surface area contributed by atoms with Crippen molar-refractivity contribution in [1.82, 2.24) is 4.98 Å². The molecular weight excluding hydrogens is 306 g/mol. The number of aliphatic hydroxyl groups is 2. The average Bonchev–Trinajstić information content (AvgIpc) is 2.53. The summed E-state index contributed by atoms with van der Waals surface area (Å²) >= 11 is 0. The number of rotatable bonds is 8. The van der Waals surface area contributed by atoms with Crippen LogP contribution in [0.5, 0.6) is 0 Å². The third-order valence-corrected chi connectivity index (χ3v) is 4.04. The van der Waals surface area contributed by atoms with Crippen molar-refractivity contribution in [3.8, 4) is 11.1 Å². The molecule has 1 aromatic heterocycles. The maximum atomic E-state index is 10.6. The molecule has 2 aromatic rings. The van der Waals surface area contributed by atoms with Gasteiger partial charge in [-0.25, -0.2) is 0 Å². The highest BCUT2D eigenvalue weighted by molar-refractivity contribution is 5.68. The highest BCUT2D eigenvalue weighted by Crippen LogP contribution is 2.26. The normalized spacial score (nSPS) is 13.5. The predicted octanol–water partition coefficient (Wildman–Crippen LogP) is 2.58. The fourth-order valence-electron chi connectivity index (χ4n) is 2.83. The van der Waals surface area contributed by atoms with Crippen LogP contribution in [0, 0.1) is 6.92 Å². The Morgan fingerprint density at radius 2 is 1.83 bits per heavy atom. The first-order valence-corrected chi connectivity index (χ1v) is 8.05. The molecule has 1 heterocycles. The van der Waals surface area contributed by atoms with Gasteiger partial charge in [0.15, 0.2) is 0 Å². The molecule has 1 unspecified atom stereocenters. The highest BCUT2D eigenvalue weighted by atomic mass is 16.4. The molecule has 2 rings (SSSR count). The molecule has 0 aliphatic rings. The third-order valence-electron chi connectivity index (χ3n) is 4.04. The van der Waals surface area contributed by atoms with Gasteiger partial charge in [-0.1, -0.05) is 30.3 Å². The lowest BCUT2D eigenvalue weighted by Gasteiger charge is -2.16. The number of aliphatic carboxylic acids is 1. The van der Waals surface area contributed by atoms with Gasteiger partial charge in [-0.2, -0.15) is 0 Å². The van der Waals surface area contributed by atoms with E-state index in [2.05, 4.69) is 4.98 Å². The minimum atomic E-state index is -1.07. The van der Waals surface area contributed by atoms with Gasteiger partial charge < -0.3 is 15.3 Å². The van der Waals surface area contributed by atoms with E-state index in [9.17, 15) is 15.0 Å². The van der Waals surface area contributed by atoms with Crippen molar-refractivity contribution in [3.63, 3.8) is 0 Å². The average molecular weight is 329 g/mol. The zero-order valence-electron chi connectivity index (χ0n) is 13.7. The number of hydrogen-bond acceptors (Lipinski definition) is 4. The zero-order chi connectivity index (χ0) is 17.5. The van der Waals surface area contributed by atoms with Gasteiger partial charge in [-0.05, 0) is 48.9 Å². The number of aryl methyl sites for hydroxylation is 1. The van der Waals surface area contributed by atoms with Crippen LogP contribution in [-0.4, -0.2) is 38.5 Å². The number of benzene rings is 1. The van der Waals surface area contributed by atoms with Crippen LogP contribution in [0.25, 0.3) is 11.1 Å². The van der Waals surface area contributed by atoms with E-state index in [0.717, 1.165) is 22.4 Å². The van der Waals surface area contributed by atoms with Gasteiger partial charge in [0.1, 0.15) is 0 Å². The standard InChI is InChI=1S/C19H23NO4/c1-13-17(8-7-15(21)11-16(22)12-19(23)24)18(9-10-20-13)14-5-3-2-4-6-14/h2-6,9-10,15-16,21-22H,7-8,11-12H2,1H3,(H,23,24)/t15?,16-/m1/s1. The summed E-state index contributed by atoms with van der Waals surface area (Å²) < 4.78 is 0. The van der Waals surface area contributed by atoms with E-state index in [1.807, 2.05) is 43.3 Å². The van der Waals surface area contributed by atoms with Crippen LogP contribution in [0.3, 0.4) is 0 Å². The lowest BCUT2D eigenvalue weighted by molar-refractivity contribution is -0.139. The summed E-state index contributed by atoms with van der Waals surface area (Å²) in [5, 5.41) is 28.3. The number of pyridine rings is 1. The van der Waals surface area contributed by atoms with E-state index >= 15 is 0 Å². The Kier molecular flexibility index (Phi) is 6.46. The second kappa shape index (κ2) is 8.57. The van der Waals surface area contributed by atoms with Crippen molar-refractivity contribution in [2.45, 2.75) is 44.8 Å². The number of carboxylic acids is 1. The van der Waals surface area contributed by atoms with Crippen LogP contribution >= 0.6 is 0 Å². The first kappa shape index (κ1) is 18.1. The first-order valence-electron chi connectivity index (χ1n) is 8.05. The molecule has 3 N–H and O–H groups in total. The molecule has 0 saturated heterocycles. The van der Waals surface area contributed by atoms with Crippen molar-refractivity contribution >= 4 is 5.97 Å².